The van der Waals surface area contributed by atoms with Crippen molar-refractivity contribution in [2.24, 2.45) is 0 Å². The van der Waals surface area contributed by atoms with Gasteiger partial charge in [0.05, 0.1) is 11.7 Å². The monoisotopic (exact) mass is 460 g/mol. The SMILES string of the molecule is CC(C)=CCC/C(C)=C/CCC1(C)OC1CC/C(C)=C/CC1=C(C)C(=O)c2ccccc2C1=O. The van der Waals surface area contributed by atoms with Gasteiger partial charge in [-0.3, -0.25) is 9.59 Å². The number of rotatable bonds is 11. The van der Waals surface area contributed by atoms with E-state index in [1.807, 2.05) is 12.1 Å². The quantitative estimate of drug-likeness (QED) is 0.247. The average molecular weight is 461 g/mol. The van der Waals surface area contributed by atoms with Crippen LogP contribution in [-0.4, -0.2) is 23.3 Å². The maximum atomic E-state index is 12.9. The van der Waals surface area contributed by atoms with Crippen LogP contribution in [0.3, 0.4) is 0 Å². The molecule has 1 aliphatic carbocycles. The Bertz CT molecular complexity index is 1060. The molecule has 1 saturated heterocycles. The van der Waals surface area contributed by atoms with E-state index in [4.69, 9.17) is 4.74 Å². The van der Waals surface area contributed by atoms with Crippen LogP contribution in [0.15, 0.2) is 70.4 Å². The Labute approximate surface area is 205 Å². The zero-order valence-electron chi connectivity index (χ0n) is 21.8. The number of hydrogen-bond acceptors (Lipinski definition) is 3. The molecule has 0 saturated carbocycles. The molecule has 3 heteroatoms. The first-order valence-electron chi connectivity index (χ1n) is 12.6. The van der Waals surface area contributed by atoms with E-state index in [0.717, 1.165) is 38.5 Å². The Morgan fingerprint density at radius 3 is 2.24 bits per heavy atom. The molecule has 1 heterocycles. The van der Waals surface area contributed by atoms with Gasteiger partial charge in [0.25, 0.3) is 0 Å². The number of allylic oxidation sites excluding steroid dienone is 8. The van der Waals surface area contributed by atoms with Gasteiger partial charge in [0.2, 0.25) is 0 Å². The van der Waals surface area contributed by atoms with Gasteiger partial charge >= 0.3 is 0 Å². The smallest absolute Gasteiger partial charge is 0.190 e. The van der Waals surface area contributed by atoms with E-state index in [1.54, 1.807) is 19.1 Å². The van der Waals surface area contributed by atoms with Crippen LogP contribution in [0.4, 0.5) is 0 Å². The van der Waals surface area contributed by atoms with E-state index < -0.39 is 0 Å². The second-order valence-electron chi connectivity index (χ2n) is 10.4. The number of benzene rings is 1. The van der Waals surface area contributed by atoms with Crippen molar-refractivity contribution in [3.8, 4) is 0 Å². The van der Waals surface area contributed by atoms with E-state index in [0.29, 0.717) is 34.8 Å². The molecule has 0 amide bonds. The van der Waals surface area contributed by atoms with Gasteiger partial charge in [-0.05, 0) is 86.5 Å². The molecule has 1 aromatic carbocycles. The van der Waals surface area contributed by atoms with Gasteiger partial charge in [0.15, 0.2) is 11.6 Å². The summed E-state index contributed by atoms with van der Waals surface area (Å²) in [6.07, 6.45) is 13.9. The fraction of sp³-hybridized carbons (Fsp3) is 0.484. The second-order valence-corrected chi connectivity index (χ2v) is 10.4. The highest BCUT2D eigenvalue weighted by Crippen LogP contribution is 2.43. The van der Waals surface area contributed by atoms with Crippen LogP contribution in [0.2, 0.25) is 0 Å². The largest absolute Gasteiger partial charge is 0.366 e. The Balaban J connectivity index is 1.46. The summed E-state index contributed by atoms with van der Waals surface area (Å²) in [6, 6.07) is 7.12. The predicted octanol–water partition coefficient (Wildman–Crippen LogP) is 8.13. The number of hydrogen-bond donors (Lipinski definition) is 0. The van der Waals surface area contributed by atoms with Crippen molar-refractivity contribution in [3.05, 3.63) is 81.5 Å². The highest BCUT2D eigenvalue weighted by atomic mass is 16.6. The summed E-state index contributed by atoms with van der Waals surface area (Å²) < 4.78 is 6.06. The lowest BCUT2D eigenvalue weighted by atomic mass is 9.83. The third-order valence-electron chi connectivity index (χ3n) is 7.20. The molecular weight excluding hydrogens is 420 g/mol. The van der Waals surface area contributed by atoms with Crippen LogP contribution in [0.5, 0.6) is 0 Å². The zero-order chi connectivity index (χ0) is 24.9. The summed E-state index contributed by atoms with van der Waals surface area (Å²) in [5, 5.41) is 0. The third kappa shape index (κ3) is 6.54. The lowest BCUT2D eigenvalue weighted by molar-refractivity contribution is 0.0973. The normalized spacial score (nSPS) is 22.7. The van der Waals surface area contributed by atoms with E-state index in [1.165, 1.54) is 16.7 Å². The number of fused-ring (bicyclic) bond motifs is 1. The standard InChI is InChI=1S/C31H40O3/c1-21(2)11-9-12-22(3)13-10-20-31(6)28(34-31)19-17-23(4)16-18-25-24(5)29(32)26-14-7-8-15-27(26)30(25)33/h7-8,11,13-16,28H,9-10,12,17-20H2,1-6H3/b22-13+,23-16+. The summed E-state index contributed by atoms with van der Waals surface area (Å²) >= 11 is 0. The first-order valence-corrected chi connectivity index (χ1v) is 12.6. The first-order chi connectivity index (χ1) is 16.1. The zero-order valence-corrected chi connectivity index (χ0v) is 21.8. The number of carbonyl (C=O) groups is 2. The molecule has 0 spiro atoms. The topological polar surface area (TPSA) is 46.7 Å². The maximum absolute atomic E-state index is 12.9. The van der Waals surface area contributed by atoms with Gasteiger partial charge in [0.1, 0.15) is 0 Å². The fourth-order valence-electron chi connectivity index (χ4n) is 4.70. The molecule has 0 radical (unpaired) electrons. The summed E-state index contributed by atoms with van der Waals surface area (Å²) in [5.74, 6) is -0.0429. The number of ether oxygens (including phenoxy) is 1. The Morgan fingerprint density at radius 1 is 0.912 bits per heavy atom. The van der Waals surface area contributed by atoms with Crippen LogP contribution in [0, 0.1) is 0 Å². The van der Waals surface area contributed by atoms with Crippen molar-refractivity contribution in [1.29, 1.82) is 0 Å². The molecule has 0 bridgehead atoms. The number of ketones is 2. The lowest BCUT2D eigenvalue weighted by Crippen LogP contribution is -2.20. The minimum atomic E-state index is -0.0281. The summed E-state index contributed by atoms with van der Waals surface area (Å²) in [4.78, 5) is 25.6. The second kappa shape index (κ2) is 11.3. The summed E-state index contributed by atoms with van der Waals surface area (Å²) in [6.45, 7) is 12.6. The minimum absolute atomic E-state index is 0.00838. The molecule has 34 heavy (non-hydrogen) atoms. The number of Topliss-reactive ketones (excluding diaryl/α,β-unsaturated/α-hetero) is 2. The first kappa shape index (κ1) is 26.1. The number of carbonyl (C=O) groups excluding carboxylic acids is 2. The van der Waals surface area contributed by atoms with Crippen molar-refractivity contribution in [1.82, 2.24) is 0 Å². The highest BCUT2D eigenvalue weighted by Gasteiger charge is 2.50. The minimum Gasteiger partial charge on any atom is -0.366 e. The molecule has 182 valence electrons. The van der Waals surface area contributed by atoms with Crippen molar-refractivity contribution in [2.75, 3.05) is 0 Å². The maximum Gasteiger partial charge on any atom is 0.190 e. The van der Waals surface area contributed by atoms with Crippen molar-refractivity contribution in [3.63, 3.8) is 0 Å². The van der Waals surface area contributed by atoms with Gasteiger partial charge < -0.3 is 4.74 Å². The van der Waals surface area contributed by atoms with Crippen LogP contribution >= 0.6 is 0 Å². The molecule has 0 aromatic heterocycles. The molecule has 2 aliphatic rings. The van der Waals surface area contributed by atoms with Gasteiger partial charge in [-0.15, -0.1) is 0 Å². The van der Waals surface area contributed by atoms with Crippen LogP contribution in [0.1, 0.15) is 107 Å². The lowest BCUT2D eigenvalue weighted by Gasteiger charge is -2.18. The predicted molar refractivity (Wildman–Crippen MR) is 140 cm³/mol. The molecule has 0 N–H and O–H groups in total. The van der Waals surface area contributed by atoms with Crippen LogP contribution in [0.25, 0.3) is 0 Å². The Kier molecular flexibility index (Phi) is 8.65. The fourth-order valence-corrected chi connectivity index (χ4v) is 4.70. The third-order valence-corrected chi connectivity index (χ3v) is 7.20. The molecule has 1 fully saturated rings. The van der Waals surface area contributed by atoms with Crippen molar-refractivity contribution >= 4 is 11.6 Å². The van der Waals surface area contributed by atoms with Gasteiger partial charge in [-0.2, -0.15) is 0 Å². The Hall–Kier alpha value is -2.52. The van der Waals surface area contributed by atoms with Crippen molar-refractivity contribution in [2.45, 2.75) is 98.2 Å². The summed E-state index contributed by atoms with van der Waals surface area (Å²) in [7, 11) is 0. The van der Waals surface area contributed by atoms with Crippen LogP contribution in [-0.2, 0) is 4.74 Å². The summed E-state index contributed by atoms with van der Waals surface area (Å²) in [5.41, 5.74) is 6.34. The van der Waals surface area contributed by atoms with Gasteiger partial charge in [-0.25, -0.2) is 0 Å². The van der Waals surface area contributed by atoms with Gasteiger partial charge in [-0.1, -0.05) is 59.2 Å². The number of epoxide rings is 1. The Morgan fingerprint density at radius 2 is 1.56 bits per heavy atom. The van der Waals surface area contributed by atoms with E-state index in [9.17, 15) is 9.59 Å². The molecular formula is C31H40O3. The average Bonchev–Trinajstić information content (AvgIpc) is 3.45. The van der Waals surface area contributed by atoms with E-state index in [2.05, 4.69) is 52.8 Å². The van der Waals surface area contributed by atoms with Crippen LogP contribution < -0.4 is 0 Å². The van der Waals surface area contributed by atoms with E-state index in [-0.39, 0.29) is 17.2 Å². The highest BCUT2D eigenvalue weighted by molar-refractivity contribution is 6.26. The molecule has 1 aliphatic heterocycles. The molecule has 1 aromatic rings. The van der Waals surface area contributed by atoms with E-state index >= 15 is 0 Å². The van der Waals surface area contributed by atoms with Crippen molar-refractivity contribution < 1.29 is 14.3 Å². The molecule has 3 rings (SSSR count). The molecule has 3 nitrogen and oxygen atoms in total. The molecule has 2 unspecified atom stereocenters. The van der Waals surface area contributed by atoms with Gasteiger partial charge in [0, 0.05) is 22.3 Å². The molecule has 2 atom stereocenters.